The number of benzene rings is 1. The zero-order valence-electron chi connectivity index (χ0n) is 13.2. The second-order valence-electron chi connectivity index (χ2n) is 5.25. The molecular weight excluding hydrogens is 250 g/mol. The van der Waals surface area contributed by atoms with E-state index in [0.29, 0.717) is 6.04 Å². The Morgan fingerprint density at radius 1 is 1.10 bits per heavy atom. The molecule has 0 amide bonds. The van der Waals surface area contributed by atoms with E-state index in [1.54, 1.807) is 7.11 Å². The normalized spacial score (nSPS) is 12.3. The quantitative estimate of drug-likeness (QED) is 0.630. The predicted molar refractivity (Wildman–Crippen MR) is 84.5 cm³/mol. The predicted octanol–water partition coefficient (Wildman–Crippen LogP) is 3.42. The molecule has 0 aliphatic rings. The first kappa shape index (κ1) is 17.0. The van der Waals surface area contributed by atoms with Gasteiger partial charge in [0.15, 0.2) is 0 Å². The Kier molecular flexibility index (Phi) is 9.09. The first-order chi connectivity index (χ1) is 9.76. The van der Waals surface area contributed by atoms with Gasteiger partial charge in [-0.1, -0.05) is 19.1 Å². The Bertz CT molecular complexity index is 337. The van der Waals surface area contributed by atoms with Crippen LogP contribution in [0.3, 0.4) is 0 Å². The van der Waals surface area contributed by atoms with Gasteiger partial charge in [-0.15, -0.1) is 0 Å². The molecule has 1 rings (SSSR count). The van der Waals surface area contributed by atoms with Gasteiger partial charge in [-0.05, 0) is 56.8 Å². The highest BCUT2D eigenvalue weighted by Crippen LogP contribution is 2.14. The van der Waals surface area contributed by atoms with E-state index in [0.717, 1.165) is 44.8 Å². The van der Waals surface area contributed by atoms with Crippen LogP contribution in [0.2, 0.25) is 0 Å². The van der Waals surface area contributed by atoms with E-state index in [4.69, 9.17) is 9.47 Å². The molecule has 0 radical (unpaired) electrons. The Labute approximate surface area is 123 Å². The lowest BCUT2D eigenvalue weighted by Gasteiger charge is -2.13. The summed E-state index contributed by atoms with van der Waals surface area (Å²) in [4.78, 5) is 0. The summed E-state index contributed by atoms with van der Waals surface area (Å²) in [6, 6.07) is 8.98. The maximum atomic E-state index is 5.71. The van der Waals surface area contributed by atoms with Gasteiger partial charge in [-0.2, -0.15) is 0 Å². The molecule has 0 spiro atoms. The van der Waals surface area contributed by atoms with E-state index in [9.17, 15) is 0 Å². The number of nitrogens with one attached hydrogen (secondary N) is 1. The highest BCUT2D eigenvalue weighted by atomic mass is 16.5. The van der Waals surface area contributed by atoms with Gasteiger partial charge in [-0.3, -0.25) is 0 Å². The van der Waals surface area contributed by atoms with Crippen LogP contribution in [0.1, 0.15) is 38.7 Å². The summed E-state index contributed by atoms with van der Waals surface area (Å²) in [5.74, 6) is 0.959. The Balaban J connectivity index is 2.25. The summed E-state index contributed by atoms with van der Waals surface area (Å²) in [7, 11) is 1.73. The zero-order valence-corrected chi connectivity index (χ0v) is 13.2. The number of rotatable bonds is 11. The van der Waals surface area contributed by atoms with Gasteiger partial charge in [0.1, 0.15) is 5.75 Å². The summed E-state index contributed by atoms with van der Waals surface area (Å²) in [5, 5.41) is 3.51. The molecule has 1 atom stereocenters. The van der Waals surface area contributed by atoms with E-state index < -0.39 is 0 Å². The van der Waals surface area contributed by atoms with Crippen molar-refractivity contribution in [2.75, 3.05) is 26.9 Å². The number of hydrogen-bond donors (Lipinski definition) is 1. The summed E-state index contributed by atoms with van der Waals surface area (Å²) < 4.78 is 10.7. The minimum atomic E-state index is 0.524. The van der Waals surface area contributed by atoms with Crippen LogP contribution in [0.25, 0.3) is 0 Å². The Hall–Kier alpha value is -1.06. The van der Waals surface area contributed by atoms with Crippen LogP contribution in [-0.4, -0.2) is 32.9 Å². The number of ether oxygens (including phenoxy) is 2. The van der Waals surface area contributed by atoms with E-state index in [1.807, 2.05) is 0 Å². The van der Waals surface area contributed by atoms with Gasteiger partial charge < -0.3 is 14.8 Å². The van der Waals surface area contributed by atoms with Crippen molar-refractivity contribution in [3.63, 3.8) is 0 Å². The molecule has 3 heteroatoms. The second kappa shape index (κ2) is 10.7. The topological polar surface area (TPSA) is 30.5 Å². The Morgan fingerprint density at radius 2 is 1.80 bits per heavy atom. The van der Waals surface area contributed by atoms with Crippen molar-refractivity contribution >= 4 is 0 Å². The molecule has 1 aromatic rings. The highest BCUT2D eigenvalue weighted by Gasteiger charge is 2.02. The minimum Gasteiger partial charge on any atom is -0.494 e. The molecule has 0 heterocycles. The molecule has 0 aliphatic carbocycles. The van der Waals surface area contributed by atoms with Crippen molar-refractivity contribution in [3.8, 4) is 5.75 Å². The SMILES string of the molecule is CCCNC(C)Cc1ccc(OCCCCOC)cc1. The van der Waals surface area contributed by atoms with E-state index in [-0.39, 0.29) is 0 Å². The van der Waals surface area contributed by atoms with Crippen LogP contribution in [0.5, 0.6) is 5.75 Å². The highest BCUT2D eigenvalue weighted by molar-refractivity contribution is 5.27. The molecule has 1 unspecified atom stereocenters. The van der Waals surface area contributed by atoms with Crippen molar-refractivity contribution in [2.45, 2.75) is 45.6 Å². The zero-order chi connectivity index (χ0) is 14.6. The average Bonchev–Trinajstić information content (AvgIpc) is 2.46. The van der Waals surface area contributed by atoms with Crippen LogP contribution in [0.15, 0.2) is 24.3 Å². The smallest absolute Gasteiger partial charge is 0.119 e. The molecule has 114 valence electrons. The van der Waals surface area contributed by atoms with Gasteiger partial charge in [0.25, 0.3) is 0 Å². The summed E-state index contributed by atoms with van der Waals surface area (Å²) in [6.07, 6.45) is 4.33. The number of unbranched alkanes of at least 4 members (excludes halogenated alkanes) is 1. The fourth-order valence-electron chi connectivity index (χ4n) is 2.08. The average molecular weight is 279 g/mol. The molecule has 0 aliphatic heterocycles. The molecule has 1 aromatic carbocycles. The fraction of sp³-hybridized carbons (Fsp3) is 0.647. The molecule has 0 fully saturated rings. The van der Waals surface area contributed by atoms with Crippen LogP contribution < -0.4 is 10.1 Å². The fourth-order valence-corrected chi connectivity index (χ4v) is 2.08. The van der Waals surface area contributed by atoms with Crippen molar-refractivity contribution in [1.29, 1.82) is 0 Å². The lowest BCUT2D eigenvalue weighted by molar-refractivity contribution is 0.184. The molecule has 0 saturated heterocycles. The number of methoxy groups -OCH3 is 1. The van der Waals surface area contributed by atoms with Gasteiger partial charge in [0.2, 0.25) is 0 Å². The van der Waals surface area contributed by atoms with Gasteiger partial charge >= 0.3 is 0 Å². The molecule has 0 saturated carbocycles. The first-order valence-corrected chi connectivity index (χ1v) is 7.70. The molecular formula is C17H29NO2. The third kappa shape index (κ3) is 7.51. The monoisotopic (exact) mass is 279 g/mol. The van der Waals surface area contributed by atoms with E-state index >= 15 is 0 Å². The largest absolute Gasteiger partial charge is 0.494 e. The standard InChI is InChI=1S/C17H29NO2/c1-4-11-18-15(2)14-16-7-9-17(10-8-16)20-13-6-5-12-19-3/h7-10,15,18H,4-6,11-14H2,1-3H3. The molecule has 0 aromatic heterocycles. The van der Waals surface area contributed by atoms with Gasteiger partial charge in [-0.25, -0.2) is 0 Å². The van der Waals surface area contributed by atoms with Crippen LogP contribution >= 0.6 is 0 Å². The molecule has 3 nitrogen and oxygen atoms in total. The van der Waals surface area contributed by atoms with Crippen molar-refractivity contribution in [2.24, 2.45) is 0 Å². The maximum absolute atomic E-state index is 5.71. The second-order valence-corrected chi connectivity index (χ2v) is 5.25. The van der Waals surface area contributed by atoms with Gasteiger partial charge in [0, 0.05) is 19.8 Å². The maximum Gasteiger partial charge on any atom is 0.119 e. The summed E-state index contributed by atoms with van der Waals surface area (Å²) >= 11 is 0. The van der Waals surface area contributed by atoms with E-state index in [1.165, 1.54) is 12.0 Å². The van der Waals surface area contributed by atoms with Crippen LogP contribution in [0.4, 0.5) is 0 Å². The third-order valence-corrected chi connectivity index (χ3v) is 3.22. The molecule has 0 bridgehead atoms. The summed E-state index contributed by atoms with van der Waals surface area (Å²) in [6.45, 7) is 7.08. The van der Waals surface area contributed by atoms with Gasteiger partial charge in [0.05, 0.1) is 6.61 Å². The Morgan fingerprint density at radius 3 is 2.45 bits per heavy atom. The van der Waals surface area contributed by atoms with Crippen molar-refractivity contribution in [1.82, 2.24) is 5.32 Å². The first-order valence-electron chi connectivity index (χ1n) is 7.70. The minimum absolute atomic E-state index is 0.524. The lowest BCUT2D eigenvalue weighted by Crippen LogP contribution is -2.28. The molecule has 1 N–H and O–H groups in total. The van der Waals surface area contributed by atoms with Crippen molar-refractivity contribution in [3.05, 3.63) is 29.8 Å². The number of hydrogen-bond acceptors (Lipinski definition) is 3. The van der Waals surface area contributed by atoms with Crippen molar-refractivity contribution < 1.29 is 9.47 Å². The van der Waals surface area contributed by atoms with E-state index in [2.05, 4.69) is 43.4 Å². The third-order valence-electron chi connectivity index (χ3n) is 3.22. The van der Waals surface area contributed by atoms with Crippen LogP contribution in [-0.2, 0) is 11.2 Å². The van der Waals surface area contributed by atoms with Crippen LogP contribution in [0, 0.1) is 0 Å². The molecule has 20 heavy (non-hydrogen) atoms. The lowest BCUT2D eigenvalue weighted by atomic mass is 10.1. The summed E-state index contributed by atoms with van der Waals surface area (Å²) in [5.41, 5.74) is 1.35.